The largest absolute Gasteiger partial charge is 0.398 e. The van der Waals surface area contributed by atoms with Gasteiger partial charge in [0.05, 0.1) is 5.52 Å². The maximum atomic E-state index is 6.18. The second kappa shape index (κ2) is 3.25. The molecule has 16 heavy (non-hydrogen) atoms. The standard InChI is InChI=1S/C12H12ClN3/c1-16-5-4-8-11(14)9-6-7(13)2-3-10(9)15-12(8)16/h2-3,6H,4-5H2,1H3,(H2,14,15). The third-order valence-corrected chi connectivity index (χ3v) is 3.36. The van der Waals surface area contributed by atoms with Gasteiger partial charge in [-0.15, -0.1) is 0 Å². The molecule has 1 aromatic carbocycles. The molecule has 1 aliphatic rings. The summed E-state index contributed by atoms with van der Waals surface area (Å²) in [7, 11) is 2.04. The van der Waals surface area contributed by atoms with Crippen LogP contribution in [0.1, 0.15) is 5.56 Å². The number of likely N-dealkylation sites (N-methyl/N-ethyl adjacent to an activating group) is 1. The van der Waals surface area contributed by atoms with Crippen molar-refractivity contribution in [1.29, 1.82) is 0 Å². The molecule has 2 aromatic rings. The minimum Gasteiger partial charge on any atom is -0.398 e. The van der Waals surface area contributed by atoms with Gasteiger partial charge in [0.1, 0.15) is 5.82 Å². The van der Waals surface area contributed by atoms with Crippen molar-refractivity contribution in [3.8, 4) is 0 Å². The zero-order valence-corrected chi connectivity index (χ0v) is 9.75. The van der Waals surface area contributed by atoms with Gasteiger partial charge in [-0.1, -0.05) is 11.6 Å². The van der Waals surface area contributed by atoms with Crippen molar-refractivity contribution in [2.45, 2.75) is 6.42 Å². The number of rotatable bonds is 0. The van der Waals surface area contributed by atoms with E-state index in [1.807, 2.05) is 25.2 Å². The number of nitrogen functional groups attached to an aromatic ring is 1. The van der Waals surface area contributed by atoms with Gasteiger partial charge in [-0.3, -0.25) is 0 Å². The predicted molar refractivity (Wildman–Crippen MR) is 68.1 cm³/mol. The van der Waals surface area contributed by atoms with E-state index in [9.17, 15) is 0 Å². The van der Waals surface area contributed by atoms with E-state index in [1.165, 1.54) is 0 Å². The maximum Gasteiger partial charge on any atom is 0.134 e. The Bertz CT molecular complexity index is 580. The molecule has 2 heterocycles. The molecule has 0 unspecified atom stereocenters. The second-order valence-electron chi connectivity index (χ2n) is 4.16. The zero-order valence-electron chi connectivity index (χ0n) is 9.00. The Hall–Kier alpha value is -1.48. The summed E-state index contributed by atoms with van der Waals surface area (Å²) in [5.74, 6) is 1.01. The highest BCUT2D eigenvalue weighted by molar-refractivity contribution is 6.31. The molecule has 0 saturated heterocycles. The molecule has 4 heteroatoms. The van der Waals surface area contributed by atoms with Crippen LogP contribution in [0.5, 0.6) is 0 Å². The van der Waals surface area contributed by atoms with Gasteiger partial charge in [-0.2, -0.15) is 0 Å². The first-order valence-corrected chi connectivity index (χ1v) is 5.63. The lowest BCUT2D eigenvalue weighted by Crippen LogP contribution is -2.13. The van der Waals surface area contributed by atoms with E-state index in [1.54, 1.807) is 0 Å². The first kappa shape index (κ1) is 9.73. The highest BCUT2D eigenvalue weighted by Crippen LogP contribution is 2.35. The van der Waals surface area contributed by atoms with Gasteiger partial charge in [0.2, 0.25) is 0 Å². The van der Waals surface area contributed by atoms with Crippen LogP contribution in [-0.4, -0.2) is 18.6 Å². The summed E-state index contributed by atoms with van der Waals surface area (Å²) in [5.41, 5.74) is 9.06. The molecule has 0 aliphatic carbocycles. The summed E-state index contributed by atoms with van der Waals surface area (Å²) in [4.78, 5) is 6.76. The van der Waals surface area contributed by atoms with Crippen molar-refractivity contribution in [2.75, 3.05) is 24.2 Å². The molecule has 0 radical (unpaired) electrons. The van der Waals surface area contributed by atoms with Gasteiger partial charge in [0.15, 0.2) is 0 Å². The van der Waals surface area contributed by atoms with Crippen molar-refractivity contribution < 1.29 is 0 Å². The Labute approximate surface area is 98.8 Å². The molecule has 0 spiro atoms. The summed E-state index contributed by atoms with van der Waals surface area (Å²) < 4.78 is 0. The fourth-order valence-electron chi connectivity index (χ4n) is 2.23. The van der Waals surface area contributed by atoms with Gasteiger partial charge in [0.25, 0.3) is 0 Å². The quantitative estimate of drug-likeness (QED) is 0.760. The highest BCUT2D eigenvalue weighted by Gasteiger charge is 2.21. The Balaban J connectivity index is 2.39. The summed E-state index contributed by atoms with van der Waals surface area (Å²) >= 11 is 5.98. The highest BCUT2D eigenvalue weighted by atomic mass is 35.5. The van der Waals surface area contributed by atoms with E-state index >= 15 is 0 Å². The molecule has 1 aromatic heterocycles. The number of nitrogens with two attached hydrogens (primary N) is 1. The SMILES string of the molecule is CN1CCc2c1nc1ccc(Cl)cc1c2N. The van der Waals surface area contributed by atoms with Crippen LogP contribution in [0, 0.1) is 0 Å². The molecule has 0 fully saturated rings. The summed E-state index contributed by atoms with van der Waals surface area (Å²) in [6, 6.07) is 5.65. The Morgan fingerprint density at radius 2 is 2.25 bits per heavy atom. The van der Waals surface area contributed by atoms with E-state index in [0.717, 1.165) is 40.9 Å². The number of hydrogen-bond donors (Lipinski definition) is 1. The third kappa shape index (κ3) is 1.25. The van der Waals surface area contributed by atoms with E-state index in [2.05, 4.69) is 9.88 Å². The fraction of sp³-hybridized carbons (Fsp3) is 0.250. The fourth-order valence-corrected chi connectivity index (χ4v) is 2.41. The van der Waals surface area contributed by atoms with Crippen molar-refractivity contribution >= 4 is 34.0 Å². The monoisotopic (exact) mass is 233 g/mol. The zero-order chi connectivity index (χ0) is 11.3. The predicted octanol–water partition coefficient (Wildman–Crippen LogP) is 2.46. The Morgan fingerprint density at radius 1 is 1.44 bits per heavy atom. The molecule has 0 atom stereocenters. The first-order chi connectivity index (χ1) is 7.66. The second-order valence-corrected chi connectivity index (χ2v) is 4.60. The van der Waals surface area contributed by atoms with Gasteiger partial charge >= 0.3 is 0 Å². The maximum absolute atomic E-state index is 6.18. The lowest BCUT2D eigenvalue weighted by atomic mass is 10.1. The topological polar surface area (TPSA) is 42.2 Å². The number of nitrogens with zero attached hydrogens (tertiary/aromatic N) is 2. The number of hydrogen-bond acceptors (Lipinski definition) is 3. The number of pyridine rings is 1. The summed E-state index contributed by atoms with van der Waals surface area (Å²) in [6.45, 7) is 0.983. The average Bonchev–Trinajstić information content (AvgIpc) is 2.63. The molecule has 0 amide bonds. The van der Waals surface area contributed by atoms with E-state index in [4.69, 9.17) is 17.3 Å². The van der Waals surface area contributed by atoms with Crippen LogP contribution in [0.2, 0.25) is 5.02 Å². The number of anilines is 2. The van der Waals surface area contributed by atoms with Crippen molar-refractivity contribution in [3.63, 3.8) is 0 Å². The molecule has 1 aliphatic heterocycles. The normalized spacial score (nSPS) is 14.5. The van der Waals surface area contributed by atoms with E-state index < -0.39 is 0 Å². The van der Waals surface area contributed by atoms with Gasteiger partial charge < -0.3 is 10.6 Å². The van der Waals surface area contributed by atoms with Gasteiger partial charge in [-0.25, -0.2) is 4.98 Å². The molecule has 2 N–H and O–H groups in total. The van der Waals surface area contributed by atoms with Crippen LogP contribution in [-0.2, 0) is 6.42 Å². The van der Waals surface area contributed by atoms with Crippen LogP contribution in [0.3, 0.4) is 0 Å². The molecule has 0 bridgehead atoms. The molecule has 3 nitrogen and oxygen atoms in total. The van der Waals surface area contributed by atoms with E-state index in [0.29, 0.717) is 5.02 Å². The molecular formula is C12H12ClN3. The van der Waals surface area contributed by atoms with Crippen LogP contribution >= 0.6 is 11.6 Å². The summed E-state index contributed by atoms with van der Waals surface area (Å²) in [5, 5.41) is 1.66. The van der Waals surface area contributed by atoms with E-state index in [-0.39, 0.29) is 0 Å². The van der Waals surface area contributed by atoms with Crippen molar-refractivity contribution in [2.24, 2.45) is 0 Å². The number of fused-ring (bicyclic) bond motifs is 2. The Morgan fingerprint density at radius 3 is 3.06 bits per heavy atom. The molecule has 0 saturated carbocycles. The first-order valence-electron chi connectivity index (χ1n) is 5.25. The lowest BCUT2D eigenvalue weighted by molar-refractivity contribution is 0.947. The van der Waals surface area contributed by atoms with Crippen molar-refractivity contribution in [1.82, 2.24) is 4.98 Å². The van der Waals surface area contributed by atoms with Crippen molar-refractivity contribution in [3.05, 3.63) is 28.8 Å². The molecule has 82 valence electrons. The number of halogens is 1. The van der Waals surface area contributed by atoms with Crippen LogP contribution in [0.25, 0.3) is 10.9 Å². The summed E-state index contributed by atoms with van der Waals surface area (Å²) in [6.07, 6.45) is 0.965. The third-order valence-electron chi connectivity index (χ3n) is 3.13. The molecular weight excluding hydrogens is 222 g/mol. The van der Waals surface area contributed by atoms with Gasteiger partial charge in [0, 0.05) is 35.3 Å². The minimum absolute atomic E-state index is 0.701. The minimum atomic E-state index is 0.701. The lowest BCUT2D eigenvalue weighted by Gasteiger charge is -2.13. The van der Waals surface area contributed by atoms with Crippen LogP contribution < -0.4 is 10.6 Å². The molecule has 3 rings (SSSR count). The van der Waals surface area contributed by atoms with Gasteiger partial charge in [-0.05, 0) is 24.6 Å². The Kier molecular flexibility index (Phi) is 1.98. The number of aromatic nitrogens is 1. The van der Waals surface area contributed by atoms with Crippen LogP contribution in [0.4, 0.5) is 11.5 Å². The van der Waals surface area contributed by atoms with Crippen LogP contribution in [0.15, 0.2) is 18.2 Å². The smallest absolute Gasteiger partial charge is 0.134 e. The number of benzene rings is 1. The average molecular weight is 234 g/mol.